The molecule has 1 aliphatic carbocycles. The molecule has 0 bridgehead atoms. The van der Waals surface area contributed by atoms with Crippen molar-refractivity contribution in [1.29, 1.82) is 0 Å². The van der Waals surface area contributed by atoms with Crippen LogP contribution in [0.4, 0.5) is 0 Å². The lowest BCUT2D eigenvalue weighted by atomic mass is 10.0. The summed E-state index contributed by atoms with van der Waals surface area (Å²) in [5.74, 6) is 0. The van der Waals surface area contributed by atoms with Crippen molar-refractivity contribution in [2.45, 2.75) is 37.6 Å². The lowest BCUT2D eigenvalue weighted by molar-refractivity contribution is 0.222. The monoisotopic (exact) mass is 153 g/mol. The standard InChI is InChI=1S/C9H15NO/c10-9(3-4-9)6-8-2-1-5-11-7-8/h7H,1-6,10H2. The summed E-state index contributed by atoms with van der Waals surface area (Å²) >= 11 is 0. The second-order valence-corrected chi connectivity index (χ2v) is 3.79. The molecule has 0 spiro atoms. The Morgan fingerprint density at radius 3 is 2.91 bits per heavy atom. The van der Waals surface area contributed by atoms with E-state index in [0.717, 1.165) is 13.0 Å². The fraction of sp³-hybridized carbons (Fsp3) is 0.778. The zero-order valence-electron chi connectivity index (χ0n) is 6.81. The first-order valence-corrected chi connectivity index (χ1v) is 4.37. The van der Waals surface area contributed by atoms with E-state index in [2.05, 4.69) is 0 Å². The summed E-state index contributed by atoms with van der Waals surface area (Å²) in [6, 6.07) is 0. The molecule has 62 valence electrons. The SMILES string of the molecule is NC1(CC2=COCCC2)CC1. The second kappa shape index (κ2) is 2.52. The van der Waals surface area contributed by atoms with Crippen LogP contribution in [0, 0.1) is 0 Å². The second-order valence-electron chi connectivity index (χ2n) is 3.79. The maximum atomic E-state index is 5.98. The first-order valence-electron chi connectivity index (χ1n) is 4.37. The third-order valence-corrected chi connectivity index (χ3v) is 2.48. The van der Waals surface area contributed by atoms with Crippen LogP contribution in [0.2, 0.25) is 0 Å². The van der Waals surface area contributed by atoms with Crippen molar-refractivity contribution in [3.63, 3.8) is 0 Å². The molecule has 2 aliphatic rings. The van der Waals surface area contributed by atoms with Gasteiger partial charge in [0.05, 0.1) is 12.9 Å². The molecule has 1 heterocycles. The van der Waals surface area contributed by atoms with Crippen LogP contribution in [0.15, 0.2) is 11.8 Å². The predicted molar refractivity (Wildman–Crippen MR) is 44.0 cm³/mol. The van der Waals surface area contributed by atoms with Crippen LogP contribution in [0.5, 0.6) is 0 Å². The first-order chi connectivity index (χ1) is 5.29. The van der Waals surface area contributed by atoms with Crippen molar-refractivity contribution >= 4 is 0 Å². The van der Waals surface area contributed by atoms with Gasteiger partial charge in [-0.2, -0.15) is 0 Å². The van der Waals surface area contributed by atoms with Crippen molar-refractivity contribution < 1.29 is 4.74 Å². The highest BCUT2D eigenvalue weighted by Crippen LogP contribution is 2.39. The summed E-state index contributed by atoms with van der Waals surface area (Å²) in [7, 11) is 0. The van der Waals surface area contributed by atoms with Crippen molar-refractivity contribution in [2.24, 2.45) is 5.73 Å². The van der Waals surface area contributed by atoms with Crippen LogP contribution in [0.1, 0.15) is 32.1 Å². The van der Waals surface area contributed by atoms with E-state index in [-0.39, 0.29) is 5.54 Å². The van der Waals surface area contributed by atoms with Gasteiger partial charge in [0.1, 0.15) is 0 Å². The van der Waals surface area contributed by atoms with E-state index in [1.54, 1.807) is 0 Å². The summed E-state index contributed by atoms with van der Waals surface area (Å²) in [6.07, 6.45) is 7.74. The van der Waals surface area contributed by atoms with E-state index < -0.39 is 0 Å². The van der Waals surface area contributed by atoms with Crippen molar-refractivity contribution in [3.8, 4) is 0 Å². The predicted octanol–water partition coefficient (Wildman–Crippen LogP) is 1.56. The van der Waals surface area contributed by atoms with E-state index in [4.69, 9.17) is 10.5 Å². The Balaban J connectivity index is 1.89. The van der Waals surface area contributed by atoms with Gasteiger partial charge in [-0.3, -0.25) is 0 Å². The molecular weight excluding hydrogens is 138 g/mol. The minimum atomic E-state index is 0.159. The Kier molecular flexibility index (Phi) is 1.64. The van der Waals surface area contributed by atoms with Crippen LogP contribution >= 0.6 is 0 Å². The number of hydrogen-bond donors (Lipinski definition) is 1. The number of rotatable bonds is 2. The highest BCUT2D eigenvalue weighted by Gasteiger charge is 2.38. The van der Waals surface area contributed by atoms with Crippen molar-refractivity contribution in [1.82, 2.24) is 0 Å². The van der Waals surface area contributed by atoms with Gasteiger partial charge >= 0.3 is 0 Å². The van der Waals surface area contributed by atoms with Crippen LogP contribution in [0.3, 0.4) is 0 Å². The van der Waals surface area contributed by atoms with Crippen LogP contribution in [-0.2, 0) is 4.74 Å². The summed E-state index contributed by atoms with van der Waals surface area (Å²) < 4.78 is 5.24. The fourth-order valence-electron chi connectivity index (χ4n) is 1.54. The van der Waals surface area contributed by atoms with Crippen molar-refractivity contribution in [3.05, 3.63) is 11.8 Å². The summed E-state index contributed by atoms with van der Waals surface area (Å²) in [5, 5.41) is 0. The minimum absolute atomic E-state index is 0.159. The third-order valence-electron chi connectivity index (χ3n) is 2.48. The Hall–Kier alpha value is -0.500. The number of nitrogens with two attached hydrogens (primary N) is 1. The van der Waals surface area contributed by atoms with E-state index >= 15 is 0 Å². The van der Waals surface area contributed by atoms with Gasteiger partial charge in [-0.1, -0.05) is 0 Å². The van der Waals surface area contributed by atoms with E-state index in [1.807, 2.05) is 6.26 Å². The van der Waals surface area contributed by atoms with Gasteiger partial charge in [0.25, 0.3) is 0 Å². The molecule has 2 nitrogen and oxygen atoms in total. The average Bonchev–Trinajstić information content (AvgIpc) is 2.70. The van der Waals surface area contributed by atoms with Gasteiger partial charge in [0.2, 0.25) is 0 Å². The molecule has 0 aromatic carbocycles. The van der Waals surface area contributed by atoms with Gasteiger partial charge in [0, 0.05) is 5.54 Å². The molecule has 0 aromatic rings. The maximum Gasteiger partial charge on any atom is 0.0876 e. The van der Waals surface area contributed by atoms with E-state index in [1.165, 1.54) is 31.3 Å². The Morgan fingerprint density at radius 1 is 1.55 bits per heavy atom. The molecule has 2 rings (SSSR count). The molecule has 0 unspecified atom stereocenters. The maximum absolute atomic E-state index is 5.98. The van der Waals surface area contributed by atoms with Crippen molar-refractivity contribution in [2.75, 3.05) is 6.61 Å². The number of hydrogen-bond acceptors (Lipinski definition) is 2. The Morgan fingerprint density at radius 2 is 2.36 bits per heavy atom. The Labute approximate surface area is 67.4 Å². The zero-order valence-corrected chi connectivity index (χ0v) is 6.81. The van der Waals surface area contributed by atoms with E-state index in [9.17, 15) is 0 Å². The molecule has 0 saturated heterocycles. The molecule has 1 fully saturated rings. The molecule has 2 N–H and O–H groups in total. The Bertz CT molecular complexity index is 182. The van der Waals surface area contributed by atoms with Gasteiger partial charge in [-0.25, -0.2) is 0 Å². The molecule has 2 heteroatoms. The van der Waals surface area contributed by atoms with Gasteiger partial charge < -0.3 is 10.5 Å². The smallest absolute Gasteiger partial charge is 0.0876 e. The third kappa shape index (κ3) is 1.74. The number of ether oxygens (including phenoxy) is 1. The molecule has 0 atom stereocenters. The van der Waals surface area contributed by atoms with E-state index in [0.29, 0.717) is 0 Å². The lowest BCUT2D eigenvalue weighted by Gasteiger charge is -2.16. The molecule has 11 heavy (non-hydrogen) atoms. The highest BCUT2D eigenvalue weighted by atomic mass is 16.5. The molecule has 0 radical (unpaired) electrons. The first kappa shape index (κ1) is 7.17. The van der Waals surface area contributed by atoms with Gasteiger partial charge in [-0.15, -0.1) is 0 Å². The fourth-order valence-corrected chi connectivity index (χ4v) is 1.54. The molecule has 1 saturated carbocycles. The average molecular weight is 153 g/mol. The van der Waals surface area contributed by atoms with Crippen LogP contribution < -0.4 is 5.73 Å². The van der Waals surface area contributed by atoms with Gasteiger partial charge in [0.15, 0.2) is 0 Å². The van der Waals surface area contributed by atoms with Gasteiger partial charge in [-0.05, 0) is 37.7 Å². The van der Waals surface area contributed by atoms with Crippen LogP contribution in [-0.4, -0.2) is 12.1 Å². The summed E-state index contributed by atoms with van der Waals surface area (Å²) in [5.41, 5.74) is 7.55. The molecule has 0 amide bonds. The topological polar surface area (TPSA) is 35.2 Å². The summed E-state index contributed by atoms with van der Waals surface area (Å²) in [6.45, 7) is 0.890. The van der Waals surface area contributed by atoms with Crippen LogP contribution in [0.25, 0.3) is 0 Å². The molecule has 0 aromatic heterocycles. The molecule has 1 aliphatic heterocycles. The normalized spacial score (nSPS) is 27.2. The quantitative estimate of drug-likeness (QED) is 0.653. The molecular formula is C9H15NO. The summed E-state index contributed by atoms with van der Waals surface area (Å²) in [4.78, 5) is 0. The largest absolute Gasteiger partial charge is 0.501 e. The minimum Gasteiger partial charge on any atom is -0.501 e. The zero-order chi connectivity index (χ0) is 7.73. The highest BCUT2D eigenvalue weighted by molar-refractivity contribution is 5.12. The lowest BCUT2D eigenvalue weighted by Crippen LogP contribution is -2.22.